The third-order valence-electron chi connectivity index (χ3n) is 3.70. The Morgan fingerprint density at radius 3 is 2.44 bits per heavy atom. The van der Waals surface area contributed by atoms with Gasteiger partial charge in [-0.05, 0) is 51.3 Å². The smallest absolute Gasteiger partial charge is 0.146 e. The van der Waals surface area contributed by atoms with E-state index in [1.54, 1.807) is 6.07 Å². The molecular weight excluding hydrogens is 227 g/mol. The molecule has 0 bridgehead atoms. The standard InChI is InChI=1S/C15H25FN2/c1-6-15(3,4)18(5)14-8-7-12(9-11(2)17)10-13(14)16/h7-8,10-11H,6,9,17H2,1-5H3. The van der Waals surface area contributed by atoms with Crippen molar-refractivity contribution in [1.29, 1.82) is 0 Å². The number of hydrogen-bond donors (Lipinski definition) is 1. The van der Waals surface area contributed by atoms with Crippen LogP contribution in [0.25, 0.3) is 0 Å². The van der Waals surface area contributed by atoms with Crippen molar-refractivity contribution in [3.8, 4) is 0 Å². The quantitative estimate of drug-likeness (QED) is 0.871. The highest BCUT2D eigenvalue weighted by atomic mass is 19.1. The van der Waals surface area contributed by atoms with Crippen molar-refractivity contribution in [3.05, 3.63) is 29.6 Å². The van der Waals surface area contributed by atoms with Gasteiger partial charge in [0.05, 0.1) is 5.69 Å². The van der Waals surface area contributed by atoms with Crippen molar-refractivity contribution in [2.24, 2.45) is 5.73 Å². The first kappa shape index (κ1) is 15.0. The molecule has 0 aliphatic rings. The summed E-state index contributed by atoms with van der Waals surface area (Å²) in [7, 11) is 1.94. The number of nitrogens with zero attached hydrogens (tertiary/aromatic N) is 1. The van der Waals surface area contributed by atoms with E-state index in [2.05, 4.69) is 20.8 Å². The van der Waals surface area contributed by atoms with Gasteiger partial charge in [-0.3, -0.25) is 0 Å². The van der Waals surface area contributed by atoms with Crippen LogP contribution >= 0.6 is 0 Å². The van der Waals surface area contributed by atoms with Gasteiger partial charge in [-0.15, -0.1) is 0 Å². The van der Waals surface area contributed by atoms with Gasteiger partial charge in [-0.1, -0.05) is 13.0 Å². The molecule has 0 saturated heterocycles. The molecule has 0 saturated carbocycles. The van der Waals surface area contributed by atoms with Crippen LogP contribution in [-0.2, 0) is 6.42 Å². The van der Waals surface area contributed by atoms with Gasteiger partial charge in [0, 0.05) is 18.6 Å². The van der Waals surface area contributed by atoms with Gasteiger partial charge in [0.1, 0.15) is 5.82 Å². The zero-order valence-electron chi connectivity index (χ0n) is 12.1. The molecule has 0 aliphatic heterocycles. The van der Waals surface area contributed by atoms with Gasteiger partial charge in [-0.25, -0.2) is 4.39 Å². The Labute approximate surface area is 110 Å². The maximum atomic E-state index is 14.1. The lowest BCUT2D eigenvalue weighted by Gasteiger charge is -2.37. The molecule has 2 nitrogen and oxygen atoms in total. The van der Waals surface area contributed by atoms with E-state index in [4.69, 9.17) is 5.73 Å². The highest BCUT2D eigenvalue weighted by Crippen LogP contribution is 2.27. The van der Waals surface area contributed by atoms with Crippen LogP contribution in [0.5, 0.6) is 0 Å². The SMILES string of the molecule is CCC(C)(C)N(C)c1ccc(CC(C)N)cc1F. The number of anilines is 1. The van der Waals surface area contributed by atoms with E-state index in [-0.39, 0.29) is 17.4 Å². The molecular formula is C15H25FN2. The van der Waals surface area contributed by atoms with Crippen LogP contribution in [-0.4, -0.2) is 18.6 Å². The fraction of sp³-hybridized carbons (Fsp3) is 0.600. The van der Waals surface area contributed by atoms with Gasteiger partial charge >= 0.3 is 0 Å². The van der Waals surface area contributed by atoms with Gasteiger partial charge in [0.2, 0.25) is 0 Å². The summed E-state index contributed by atoms with van der Waals surface area (Å²) in [5.41, 5.74) is 7.28. The first-order valence-electron chi connectivity index (χ1n) is 6.55. The zero-order valence-corrected chi connectivity index (χ0v) is 12.1. The van der Waals surface area contributed by atoms with Crippen molar-refractivity contribution < 1.29 is 4.39 Å². The minimum atomic E-state index is -0.169. The molecule has 1 atom stereocenters. The van der Waals surface area contributed by atoms with Crippen LogP contribution in [0, 0.1) is 5.82 Å². The second kappa shape index (κ2) is 5.70. The predicted octanol–water partition coefficient (Wildman–Crippen LogP) is 3.34. The Hall–Kier alpha value is -1.09. The largest absolute Gasteiger partial charge is 0.367 e. The van der Waals surface area contributed by atoms with E-state index < -0.39 is 0 Å². The van der Waals surface area contributed by atoms with E-state index in [1.165, 1.54) is 0 Å². The Morgan fingerprint density at radius 1 is 1.39 bits per heavy atom. The summed E-state index contributed by atoms with van der Waals surface area (Å²) in [6.45, 7) is 8.27. The summed E-state index contributed by atoms with van der Waals surface area (Å²) in [6.07, 6.45) is 1.67. The molecule has 0 radical (unpaired) electrons. The number of halogens is 1. The molecule has 0 amide bonds. The van der Waals surface area contributed by atoms with Crippen molar-refractivity contribution in [2.45, 2.75) is 52.1 Å². The minimum Gasteiger partial charge on any atom is -0.367 e. The van der Waals surface area contributed by atoms with E-state index in [1.807, 2.05) is 31.0 Å². The molecule has 2 N–H and O–H groups in total. The van der Waals surface area contributed by atoms with E-state index in [0.29, 0.717) is 12.1 Å². The number of hydrogen-bond acceptors (Lipinski definition) is 2. The van der Waals surface area contributed by atoms with Crippen LogP contribution in [0.2, 0.25) is 0 Å². The summed E-state index contributed by atoms with van der Waals surface area (Å²) < 4.78 is 14.1. The topological polar surface area (TPSA) is 29.3 Å². The normalized spacial score (nSPS) is 13.5. The third-order valence-corrected chi connectivity index (χ3v) is 3.70. The van der Waals surface area contributed by atoms with Crippen molar-refractivity contribution in [2.75, 3.05) is 11.9 Å². The Bertz CT molecular complexity index is 399. The molecule has 0 aromatic heterocycles. The van der Waals surface area contributed by atoms with Gasteiger partial charge in [-0.2, -0.15) is 0 Å². The van der Waals surface area contributed by atoms with Gasteiger partial charge in [0.15, 0.2) is 0 Å². The van der Waals surface area contributed by atoms with Crippen LogP contribution in [0.1, 0.15) is 39.7 Å². The molecule has 0 heterocycles. The van der Waals surface area contributed by atoms with Crippen LogP contribution in [0.4, 0.5) is 10.1 Å². The summed E-state index contributed by atoms with van der Waals surface area (Å²) in [5, 5.41) is 0. The molecule has 1 unspecified atom stereocenters. The summed E-state index contributed by atoms with van der Waals surface area (Å²) in [4.78, 5) is 2.00. The molecule has 1 rings (SSSR count). The first-order valence-corrected chi connectivity index (χ1v) is 6.55. The third kappa shape index (κ3) is 3.45. The minimum absolute atomic E-state index is 0.0521. The average molecular weight is 252 g/mol. The highest BCUT2D eigenvalue weighted by molar-refractivity contribution is 5.50. The number of rotatable bonds is 5. The second-order valence-corrected chi connectivity index (χ2v) is 5.69. The maximum Gasteiger partial charge on any atom is 0.146 e. The molecule has 0 spiro atoms. The van der Waals surface area contributed by atoms with Crippen molar-refractivity contribution in [3.63, 3.8) is 0 Å². The van der Waals surface area contributed by atoms with E-state index in [0.717, 1.165) is 12.0 Å². The monoisotopic (exact) mass is 252 g/mol. The summed E-state index contributed by atoms with van der Waals surface area (Å²) >= 11 is 0. The molecule has 1 aromatic rings. The fourth-order valence-corrected chi connectivity index (χ4v) is 1.88. The maximum absolute atomic E-state index is 14.1. The van der Waals surface area contributed by atoms with E-state index >= 15 is 0 Å². The molecule has 0 aliphatic carbocycles. The molecule has 18 heavy (non-hydrogen) atoms. The van der Waals surface area contributed by atoms with Crippen LogP contribution < -0.4 is 10.6 Å². The van der Waals surface area contributed by atoms with Crippen molar-refractivity contribution >= 4 is 5.69 Å². The van der Waals surface area contributed by atoms with Gasteiger partial charge < -0.3 is 10.6 Å². The lowest BCUT2D eigenvalue weighted by Crippen LogP contribution is -2.41. The Balaban J connectivity index is 2.99. The number of nitrogens with two attached hydrogens (primary N) is 1. The van der Waals surface area contributed by atoms with Crippen molar-refractivity contribution in [1.82, 2.24) is 0 Å². The summed E-state index contributed by atoms with van der Waals surface area (Å²) in [5.74, 6) is -0.169. The van der Waals surface area contributed by atoms with Crippen LogP contribution in [0.15, 0.2) is 18.2 Å². The number of benzene rings is 1. The highest BCUT2D eigenvalue weighted by Gasteiger charge is 2.23. The Morgan fingerprint density at radius 2 is 2.00 bits per heavy atom. The molecule has 3 heteroatoms. The zero-order chi connectivity index (χ0) is 13.9. The second-order valence-electron chi connectivity index (χ2n) is 5.69. The fourth-order valence-electron chi connectivity index (χ4n) is 1.88. The Kier molecular flexibility index (Phi) is 4.74. The predicted molar refractivity (Wildman–Crippen MR) is 76.5 cm³/mol. The first-order chi connectivity index (χ1) is 8.27. The van der Waals surface area contributed by atoms with Gasteiger partial charge in [0.25, 0.3) is 0 Å². The molecule has 102 valence electrons. The lowest BCUT2D eigenvalue weighted by atomic mass is 9.98. The molecule has 1 aromatic carbocycles. The lowest BCUT2D eigenvalue weighted by molar-refractivity contribution is 0.462. The van der Waals surface area contributed by atoms with Crippen LogP contribution in [0.3, 0.4) is 0 Å². The average Bonchev–Trinajstić information content (AvgIpc) is 2.27. The molecule has 0 fully saturated rings. The van der Waals surface area contributed by atoms with E-state index in [9.17, 15) is 4.39 Å². The summed E-state index contributed by atoms with van der Waals surface area (Å²) in [6, 6.07) is 5.47.